The summed E-state index contributed by atoms with van der Waals surface area (Å²) >= 11 is 5.19. The SMILES string of the molecule is Cc1ccccc1NC(=O)Cn1c2c(sc1=O)[C@H](c1ccc(Br)cc1)C1C(=O)N(c3ccccc3C(F)(F)F)C(=O)C1S2. The van der Waals surface area contributed by atoms with Gasteiger partial charge in [-0.1, -0.05) is 81.5 Å². The number of nitrogens with zero attached hydrogens (tertiary/aromatic N) is 2. The van der Waals surface area contributed by atoms with Crippen molar-refractivity contribution in [2.45, 2.75) is 35.8 Å². The van der Waals surface area contributed by atoms with Gasteiger partial charge in [0.05, 0.1) is 22.2 Å². The zero-order chi connectivity index (χ0) is 30.6. The Balaban J connectivity index is 1.44. The predicted molar refractivity (Wildman–Crippen MR) is 161 cm³/mol. The van der Waals surface area contributed by atoms with Gasteiger partial charge in [0.2, 0.25) is 17.7 Å². The number of carbonyl (C=O) groups is 3. The van der Waals surface area contributed by atoms with E-state index in [0.29, 0.717) is 26.1 Å². The van der Waals surface area contributed by atoms with Crippen molar-refractivity contribution in [2.75, 3.05) is 10.2 Å². The monoisotopic (exact) mass is 687 g/mol. The van der Waals surface area contributed by atoms with Crippen molar-refractivity contribution < 1.29 is 27.6 Å². The second kappa shape index (κ2) is 11.1. The average Bonchev–Trinajstić information content (AvgIpc) is 3.40. The van der Waals surface area contributed by atoms with E-state index in [-0.39, 0.29) is 6.54 Å². The van der Waals surface area contributed by atoms with Crippen LogP contribution < -0.4 is 15.1 Å². The summed E-state index contributed by atoms with van der Waals surface area (Å²) in [4.78, 5) is 54.8. The van der Waals surface area contributed by atoms with Gasteiger partial charge in [0.1, 0.15) is 11.8 Å². The highest BCUT2D eigenvalue weighted by molar-refractivity contribution is 9.10. The van der Waals surface area contributed by atoms with E-state index in [1.54, 1.807) is 36.4 Å². The number of halogens is 4. The quantitative estimate of drug-likeness (QED) is 0.244. The van der Waals surface area contributed by atoms with Crippen LogP contribution in [0.1, 0.15) is 27.5 Å². The van der Waals surface area contributed by atoms with E-state index < -0.39 is 57.1 Å². The minimum absolute atomic E-state index is 0.344. The third kappa shape index (κ3) is 5.23. The normalized spacial score (nSPS) is 19.7. The molecule has 2 aliphatic rings. The van der Waals surface area contributed by atoms with Crippen molar-refractivity contribution in [3.8, 4) is 0 Å². The highest BCUT2D eigenvalue weighted by Crippen LogP contribution is 2.54. The number of benzene rings is 3. The summed E-state index contributed by atoms with van der Waals surface area (Å²) < 4.78 is 43.8. The summed E-state index contributed by atoms with van der Waals surface area (Å²) in [5.41, 5.74) is 0.399. The second-order valence-electron chi connectivity index (χ2n) is 10.1. The molecule has 0 radical (unpaired) electrons. The summed E-state index contributed by atoms with van der Waals surface area (Å²) in [6.07, 6.45) is -4.80. The van der Waals surface area contributed by atoms with Crippen LogP contribution in [0.2, 0.25) is 0 Å². The van der Waals surface area contributed by atoms with Crippen LogP contribution in [0.25, 0.3) is 0 Å². The first kappa shape index (κ1) is 29.4. The number of anilines is 2. The Morgan fingerprint density at radius 3 is 2.33 bits per heavy atom. The molecule has 4 aromatic rings. The molecule has 13 heteroatoms. The Labute approximate surface area is 259 Å². The minimum Gasteiger partial charge on any atom is -0.324 e. The Morgan fingerprint density at radius 1 is 0.953 bits per heavy atom. The number of fused-ring (bicyclic) bond motifs is 2. The molecule has 2 aliphatic heterocycles. The number of hydrogen-bond donors (Lipinski definition) is 1. The van der Waals surface area contributed by atoms with Crippen LogP contribution >= 0.6 is 39.0 Å². The van der Waals surface area contributed by atoms with Crippen molar-refractivity contribution in [3.05, 3.63) is 109 Å². The molecule has 7 nitrogen and oxygen atoms in total. The van der Waals surface area contributed by atoms with Crippen molar-refractivity contribution in [1.29, 1.82) is 0 Å². The van der Waals surface area contributed by atoms with E-state index in [9.17, 15) is 32.3 Å². The van der Waals surface area contributed by atoms with Gasteiger partial charge in [-0.05, 0) is 48.4 Å². The molecule has 2 unspecified atom stereocenters. The number of hydrogen-bond acceptors (Lipinski definition) is 6. The number of alkyl halides is 3. The van der Waals surface area contributed by atoms with Crippen molar-refractivity contribution in [1.82, 2.24) is 4.57 Å². The lowest BCUT2D eigenvalue weighted by atomic mass is 9.83. The number of nitrogens with one attached hydrogen (secondary N) is 1. The first-order valence-electron chi connectivity index (χ1n) is 13.0. The van der Waals surface area contributed by atoms with Crippen LogP contribution in [0, 0.1) is 12.8 Å². The topological polar surface area (TPSA) is 88.5 Å². The van der Waals surface area contributed by atoms with E-state index in [1.807, 2.05) is 19.1 Å². The molecule has 3 amide bonds. The van der Waals surface area contributed by atoms with Crippen molar-refractivity contribution >= 4 is 68.1 Å². The smallest absolute Gasteiger partial charge is 0.324 e. The van der Waals surface area contributed by atoms with Crippen LogP contribution in [0.5, 0.6) is 0 Å². The summed E-state index contributed by atoms with van der Waals surface area (Å²) in [6, 6.07) is 18.6. The molecule has 0 bridgehead atoms. The van der Waals surface area contributed by atoms with Crippen LogP contribution in [0.4, 0.5) is 24.5 Å². The number of carbonyl (C=O) groups excluding carboxylic acids is 3. The number of aromatic nitrogens is 1. The van der Waals surface area contributed by atoms with Gasteiger partial charge in [-0.15, -0.1) is 0 Å². The lowest BCUT2D eigenvalue weighted by Crippen LogP contribution is -2.33. The minimum atomic E-state index is -4.80. The average molecular weight is 689 g/mol. The number of rotatable bonds is 5. The van der Waals surface area contributed by atoms with E-state index in [4.69, 9.17) is 0 Å². The molecular formula is C30H21BrF3N3O4S2. The zero-order valence-corrected chi connectivity index (χ0v) is 25.4. The molecule has 0 saturated carbocycles. The predicted octanol–water partition coefficient (Wildman–Crippen LogP) is 6.43. The highest BCUT2D eigenvalue weighted by Gasteiger charge is 2.57. The number of imide groups is 1. The molecule has 1 N–H and O–H groups in total. The molecule has 3 heterocycles. The summed E-state index contributed by atoms with van der Waals surface area (Å²) in [5, 5.41) is 2.03. The first-order chi connectivity index (χ1) is 20.5. The zero-order valence-electron chi connectivity index (χ0n) is 22.2. The van der Waals surface area contributed by atoms with E-state index in [2.05, 4.69) is 21.2 Å². The van der Waals surface area contributed by atoms with Crippen LogP contribution in [-0.4, -0.2) is 27.5 Å². The van der Waals surface area contributed by atoms with Crippen molar-refractivity contribution in [3.63, 3.8) is 0 Å². The second-order valence-corrected chi connectivity index (χ2v) is 13.1. The number of thiazole rings is 1. The fraction of sp³-hybridized carbons (Fsp3) is 0.200. The van der Waals surface area contributed by atoms with E-state index in [1.165, 1.54) is 16.7 Å². The maximum atomic E-state index is 14.0. The van der Waals surface area contributed by atoms with Gasteiger partial charge in [0.25, 0.3) is 0 Å². The lowest BCUT2D eigenvalue weighted by molar-refractivity contribution is -0.137. The van der Waals surface area contributed by atoms with Gasteiger partial charge in [0.15, 0.2) is 0 Å². The molecule has 1 fully saturated rings. The molecule has 0 aliphatic carbocycles. The maximum Gasteiger partial charge on any atom is 0.418 e. The Hall–Kier alpha value is -3.68. The molecule has 0 spiro atoms. The van der Waals surface area contributed by atoms with Gasteiger partial charge in [0, 0.05) is 21.0 Å². The Kier molecular flexibility index (Phi) is 7.59. The van der Waals surface area contributed by atoms with Gasteiger partial charge in [-0.2, -0.15) is 13.2 Å². The third-order valence-corrected chi connectivity index (χ3v) is 10.6. The van der Waals surface area contributed by atoms with Crippen molar-refractivity contribution in [2.24, 2.45) is 5.92 Å². The van der Waals surface area contributed by atoms with E-state index >= 15 is 0 Å². The third-order valence-electron chi connectivity index (χ3n) is 7.45. The van der Waals surface area contributed by atoms with Crippen LogP contribution in [0.15, 0.2) is 87.1 Å². The molecule has 6 rings (SSSR count). The molecule has 3 atom stereocenters. The number of aryl methyl sites for hydroxylation is 1. The molecule has 3 aromatic carbocycles. The number of amides is 3. The van der Waals surface area contributed by atoms with Gasteiger partial charge in [-0.3, -0.25) is 23.7 Å². The molecule has 43 heavy (non-hydrogen) atoms. The van der Waals surface area contributed by atoms with E-state index in [0.717, 1.165) is 45.3 Å². The molecule has 220 valence electrons. The fourth-order valence-electron chi connectivity index (χ4n) is 5.48. The maximum absolute atomic E-state index is 14.0. The summed E-state index contributed by atoms with van der Waals surface area (Å²) in [5.74, 6) is -3.91. The van der Waals surface area contributed by atoms with Crippen LogP contribution in [-0.2, 0) is 27.1 Å². The van der Waals surface area contributed by atoms with Crippen LogP contribution in [0.3, 0.4) is 0 Å². The van der Waals surface area contributed by atoms with Gasteiger partial charge >= 0.3 is 11.0 Å². The number of thioether (sulfide) groups is 1. The summed E-state index contributed by atoms with van der Waals surface area (Å²) in [7, 11) is 0. The largest absolute Gasteiger partial charge is 0.418 e. The molecule has 1 aromatic heterocycles. The Morgan fingerprint density at radius 2 is 1.63 bits per heavy atom. The molecular weight excluding hydrogens is 667 g/mol. The lowest BCUT2D eigenvalue weighted by Gasteiger charge is -2.30. The van der Waals surface area contributed by atoms with Gasteiger partial charge in [-0.25, -0.2) is 4.90 Å². The first-order valence-corrected chi connectivity index (χ1v) is 15.5. The van der Waals surface area contributed by atoms with Gasteiger partial charge < -0.3 is 5.32 Å². The highest BCUT2D eigenvalue weighted by atomic mass is 79.9. The standard InChI is InChI=1S/C30H21BrF3N3O4S2/c1-15-6-2-4-8-19(15)35-21(38)14-36-28-25(43-29(36)41)22(16-10-12-17(31)13-11-16)23-24(42-28)27(40)37(26(23)39)20-9-5-3-7-18(20)30(32,33)34/h2-13,22-24H,14H2,1H3,(H,35,38)/t22-,23?,24?/m1/s1. The Bertz CT molecular complexity index is 1840. The fourth-order valence-corrected chi connectivity index (χ4v) is 8.51. The molecule has 1 saturated heterocycles. The summed E-state index contributed by atoms with van der Waals surface area (Å²) in [6.45, 7) is 1.48. The number of para-hydroxylation sites is 2.